The van der Waals surface area contributed by atoms with Crippen molar-refractivity contribution in [2.24, 2.45) is 5.14 Å². The third kappa shape index (κ3) is 2.19. The highest BCUT2D eigenvalue weighted by Crippen LogP contribution is 2.23. The quantitative estimate of drug-likeness (QED) is 0.751. The first kappa shape index (κ1) is 13.5. The Bertz CT molecular complexity index is 802. The van der Waals surface area contributed by atoms with E-state index in [1.54, 1.807) is 18.2 Å². The van der Waals surface area contributed by atoms with Crippen LogP contribution in [0.1, 0.15) is 6.42 Å². The van der Waals surface area contributed by atoms with Crippen LogP contribution in [0.25, 0.3) is 5.65 Å². The molecule has 2 aromatic rings. The van der Waals surface area contributed by atoms with Gasteiger partial charge in [0.2, 0.25) is 15.9 Å². The lowest BCUT2D eigenvalue weighted by atomic mass is 10.4. The summed E-state index contributed by atoms with van der Waals surface area (Å²) in [6, 6.07) is 5.31. The predicted molar refractivity (Wildman–Crippen MR) is 74.6 cm³/mol. The van der Waals surface area contributed by atoms with E-state index in [1.165, 1.54) is 9.42 Å². The van der Waals surface area contributed by atoms with Crippen molar-refractivity contribution in [1.29, 1.82) is 0 Å². The maximum absolute atomic E-state index is 11.9. The molecule has 8 nitrogen and oxygen atoms in total. The van der Waals surface area contributed by atoms with Crippen molar-refractivity contribution in [1.82, 2.24) is 14.6 Å². The number of sulfonamides is 1. The van der Waals surface area contributed by atoms with Crippen LogP contribution >= 0.6 is 15.9 Å². The molecule has 2 aromatic heterocycles. The highest BCUT2D eigenvalue weighted by Gasteiger charge is 2.38. The van der Waals surface area contributed by atoms with Crippen LogP contribution in [0.15, 0.2) is 22.8 Å². The van der Waals surface area contributed by atoms with Gasteiger partial charge in [-0.1, -0.05) is 6.07 Å². The second-order valence-electron chi connectivity index (χ2n) is 4.45. The van der Waals surface area contributed by atoms with Gasteiger partial charge in [-0.2, -0.15) is 4.98 Å². The standard InChI is InChI=1S/C10H10BrN5O3S/c11-7-2-1-3-8-13-10(14-16(7)8)15-5-6(4-9(15)17)20(12,18)19/h1-3,6H,4-5H2,(H2,12,18,19). The maximum Gasteiger partial charge on any atom is 0.252 e. The Hall–Kier alpha value is -1.52. The number of pyridine rings is 1. The third-order valence-corrected chi connectivity index (χ3v) is 4.94. The van der Waals surface area contributed by atoms with Crippen molar-refractivity contribution in [3.05, 3.63) is 22.8 Å². The van der Waals surface area contributed by atoms with Crippen molar-refractivity contribution in [3.8, 4) is 0 Å². The predicted octanol–water partition coefficient (Wildman–Crippen LogP) is -0.114. The molecule has 1 unspecified atom stereocenters. The van der Waals surface area contributed by atoms with Crippen molar-refractivity contribution in [2.45, 2.75) is 11.7 Å². The zero-order valence-corrected chi connectivity index (χ0v) is 12.5. The Morgan fingerprint density at radius 2 is 2.15 bits per heavy atom. The minimum Gasteiger partial charge on any atom is -0.278 e. The molecule has 1 atom stereocenters. The molecule has 0 spiro atoms. The topological polar surface area (TPSA) is 111 Å². The van der Waals surface area contributed by atoms with Crippen LogP contribution in [0, 0.1) is 0 Å². The summed E-state index contributed by atoms with van der Waals surface area (Å²) in [6.45, 7) is -0.0217. The number of primary sulfonamides is 1. The average Bonchev–Trinajstić information content (AvgIpc) is 2.92. The molecule has 10 heteroatoms. The van der Waals surface area contributed by atoms with Gasteiger partial charge in [-0.15, -0.1) is 5.10 Å². The van der Waals surface area contributed by atoms with E-state index in [0.29, 0.717) is 10.3 Å². The molecule has 1 saturated heterocycles. The number of hydrogen-bond acceptors (Lipinski definition) is 5. The normalized spacial score (nSPS) is 20.0. The molecule has 3 rings (SSSR count). The average molecular weight is 360 g/mol. The first-order valence-electron chi connectivity index (χ1n) is 5.69. The monoisotopic (exact) mass is 359 g/mol. The van der Waals surface area contributed by atoms with Crippen LogP contribution < -0.4 is 10.0 Å². The first-order chi connectivity index (χ1) is 9.36. The summed E-state index contributed by atoms with van der Waals surface area (Å²) in [5, 5.41) is 8.36. The molecule has 3 heterocycles. The fourth-order valence-electron chi connectivity index (χ4n) is 2.06. The summed E-state index contributed by atoms with van der Waals surface area (Å²) in [5.41, 5.74) is 0.557. The molecule has 20 heavy (non-hydrogen) atoms. The Kier molecular flexibility index (Phi) is 3.03. The van der Waals surface area contributed by atoms with Gasteiger partial charge < -0.3 is 0 Å². The minimum absolute atomic E-state index is 0.0217. The highest BCUT2D eigenvalue weighted by atomic mass is 79.9. The van der Waals surface area contributed by atoms with Gasteiger partial charge >= 0.3 is 0 Å². The number of amides is 1. The SMILES string of the molecule is NS(=O)(=O)C1CC(=O)N(c2nc3cccc(Br)n3n2)C1. The summed E-state index contributed by atoms with van der Waals surface area (Å²) in [5.74, 6) is -0.177. The zero-order valence-electron chi connectivity index (χ0n) is 10.1. The molecule has 2 N–H and O–H groups in total. The molecule has 106 valence electrons. The molecule has 0 bridgehead atoms. The lowest BCUT2D eigenvalue weighted by Gasteiger charge is -2.10. The molecule has 0 radical (unpaired) electrons. The van der Waals surface area contributed by atoms with Gasteiger partial charge in [-0.05, 0) is 28.1 Å². The van der Waals surface area contributed by atoms with Crippen LogP contribution in [-0.4, -0.2) is 40.7 Å². The van der Waals surface area contributed by atoms with E-state index in [9.17, 15) is 13.2 Å². The highest BCUT2D eigenvalue weighted by molar-refractivity contribution is 9.10. The van der Waals surface area contributed by atoms with E-state index >= 15 is 0 Å². The van der Waals surface area contributed by atoms with Gasteiger partial charge in [0.15, 0.2) is 5.65 Å². The van der Waals surface area contributed by atoms with Crippen molar-refractivity contribution >= 4 is 43.5 Å². The molecule has 0 saturated carbocycles. The molecule has 0 aliphatic carbocycles. The summed E-state index contributed by atoms with van der Waals surface area (Å²) < 4.78 is 24.9. The smallest absolute Gasteiger partial charge is 0.252 e. The number of nitrogens with two attached hydrogens (primary N) is 1. The number of rotatable bonds is 2. The fraction of sp³-hybridized carbons (Fsp3) is 0.300. The third-order valence-electron chi connectivity index (χ3n) is 3.10. The van der Waals surface area contributed by atoms with E-state index in [4.69, 9.17) is 5.14 Å². The Morgan fingerprint density at radius 1 is 1.40 bits per heavy atom. The Balaban J connectivity index is 2.00. The fourth-order valence-corrected chi connectivity index (χ4v) is 3.21. The summed E-state index contributed by atoms with van der Waals surface area (Å²) >= 11 is 3.32. The van der Waals surface area contributed by atoms with Crippen LogP contribution in [0.3, 0.4) is 0 Å². The van der Waals surface area contributed by atoms with Gasteiger partial charge in [-0.25, -0.2) is 18.1 Å². The molecule has 1 aliphatic rings. The van der Waals surface area contributed by atoms with Crippen LogP contribution in [-0.2, 0) is 14.8 Å². The first-order valence-corrected chi connectivity index (χ1v) is 8.10. The van der Waals surface area contributed by atoms with Crippen LogP contribution in [0.4, 0.5) is 5.95 Å². The lowest BCUT2D eigenvalue weighted by Crippen LogP contribution is -2.32. The molecule has 1 fully saturated rings. The zero-order chi connectivity index (χ0) is 14.5. The van der Waals surface area contributed by atoms with E-state index in [-0.39, 0.29) is 24.8 Å². The number of aromatic nitrogens is 3. The molecular weight excluding hydrogens is 350 g/mol. The Morgan fingerprint density at radius 3 is 2.75 bits per heavy atom. The number of halogens is 1. The molecular formula is C10H10BrN5O3S. The van der Waals surface area contributed by atoms with Crippen LogP contribution in [0.2, 0.25) is 0 Å². The summed E-state index contributed by atoms with van der Waals surface area (Å²) in [7, 11) is -3.75. The Labute approximate surface area is 122 Å². The number of fused-ring (bicyclic) bond motifs is 1. The largest absolute Gasteiger partial charge is 0.278 e. The second-order valence-corrected chi connectivity index (χ2v) is 7.11. The van der Waals surface area contributed by atoms with Gasteiger partial charge in [0.05, 0.1) is 0 Å². The van der Waals surface area contributed by atoms with Crippen molar-refractivity contribution in [3.63, 3.8) is 0 Å². The van der Waals surface area contributed by atoms with Gasteiger partial charge in [-0.3, -0.25) is 9.69 Å². The van der Waals surface area contributed by atoms with Crippen LogP contribution in [0.5, 0.6) is 0 Å². The number of carbonyl (C=O) groups excluding carboxylic acids is 1. The number of hydrogen-bond donors (Lipinski definition) is 1. The lowest BCUT2D eigenvalue weighted by molar-refractivity contribution is -0.117. The number of anilines is 1. The van der Waals surface area contributed by atoms with Gasteiger partial charge in [0.25, 0.3) is 5.95 Å². The minimum atomic E-state index is -3.75. The number of carbonyl (C=O) groups is 1. The summed E-state index contributed by atoms with van der Waals surface area (Å²) in [6.07, 6.45) is -0.143. The molecule has 0 aromatic carbocycles. The van der Waals surface area contributed by atoms with Gasteiger partial charge in [0, 0.05) is 13.0 Å². The summed E-state index contributed by atoms with van der Waals surface area (Å²) in [4.78, 5) is 17.4. The second kappa shape index (κ2) is 4.50. The van der Waals surface area contributed by atoms with E-state index < -0.39 is 15.3 Å². The van der Waals surface area contributed by atoms with Crippen molar-refractivity contribution in [2.75, 3.05) is 11.4 Å². The molecule has 1 aliphatic heterocycles. The van der Waals surface area contributed by atoms with E-state index in [0.717, 1.165) is 0 Å². The van der Waals surface area contributed by atoms with E-state index in [2.05, 4.69) is 26.0 Å². The van der Waals surface area contributed by atoms with E-state index in [1.807, 2.05) is 0 Å². The van der Waals surface area contributed by atoms with Gasteiger partial charge in [0.1, 0.15) is 9.85 Å². The maximum atomic E-state index is 11.9. The number of nitrogens with zero attached hydrogens (tertiary/aromatic N) is 4. The molecule has 1 amide bonds. The van der Waals surface area contributed by atoms with Crippen molar-refractivity contribution < 1.29 is 13.2 Å².